The summed E-state index contributed by atoms with van der Waals surface area (Å²) in [6.07, 6.45) is -5.49. The molecule has 0 spiro atoms. The molecule has 0 saturated heterocycles. The Bertz CT molecular complexity index is 210. The molecule has 0 aliphatic heterocycles. The van der Waals surface area contributed by atoms with Crippen LogP contribution >= 0.6 is 0 Å². The van der Waals surface area contributed by atoms with E-state index in [1.165, 1.54) is 0 Å². The monoisotopic (exact) mass is 226 g/mol. The van der Waals surface area contributed by atoms with E-state index in [1.807, 2.05) is 0 Å². The SMILES string of the molecule is CC(O)(C(N)=O)C(O)C(O)C(O)CO.N. The smallest absolute Gasteiger partial charge is 0.251 e. The fourth-order valence-electron chi connectivity index (χ4n) is 0.797. The van der Waals surface area contributed by atoms with Crippen LogP contribution in [0.2, 0.25) is 0 Å². The van der Waals surface area contributed by atoms with Crippen LogP contribution in [-0.4, -0.2) is 62.0 Å². The molecule has 8 nitrogen and oxygen atoms in total. The zero-order valence-electron chi connectivity index (χ0n) is 8.37. The number of amides is 1. The van der Waals surface area contributed by atoms with Gasteiger partial charge in [0.15, 0.2) is 5.60 Å². The van der Waals surface area contributed by atoms with E-state index in [1.54, 1.807) is 0 Å². The lowest BCUT2D eigenvalue weighted by Gasteiger charge is -2.30. The number of aliphatic hydroxyl groups excluding tert-OH is 4. The van der Waals surface area contributed by atoms with Crippen molar-refractivity contribution in [1.29, 1.82) is 0 Å². The van der Waals surface area contributed by atoms with Crippen LogP contribution in [0.3, 0.4) is 0 Å². The molecule has 0 fully saturated rings. The van der Waals surface area contributed by atoms with Gasteiger partial charge in [0.2, 0.25) is 0 Å². The van der Waals surface area contributed by atoms with Gasteiger partial charge in [-0.3, -0.25) is 4.79 Å². The Morgan fingerprint density at radius 2 is 1.80 bits per heavy atom. The number of hydrogen-bond donors (Lipinski definition) is 7. The lowest BCUT2D eigenvalue weighted by Crippen LogP contribution is -2.58. The van der Waals surface area contributed by atoms with Crippen molar-refractivity contribution in [2.24, 2.45) is 5.73 Å². The number of hydrogen-bond acceptors (Lipinski definition) is 7. The molecular weight excluding hydrogens is 208 g/mol. The van der Waals surface area contributed by atoms with Crippen LogP contribution in [0.5, 0.6) is 0 Å². The topological polar surface area (TPSA) is 179 Å². The first-order valence-electron chi connectivity index (χ1n) is 3.92. The molecule has 0 bridgehead atoms. The number of aliphatic hydroxyl groups is 5. The summed E-state index contributed by atoms with van der Waals surface area (Å²) >= 11 is 0. The maximum atomic E-state index is 10.6. The van der Waals surface area contributed by atoms with E-state index in [0.29, 0.717) is 0 Å². The average Bonchev–Trinajstić information content (AvgIpc) is 2.13. The molecule has 0 heterocycles. The first kappa shape index (κ1) is 16.7. The third kappa shape index (κ3) is 3.70. The summed E-state index contributed by atoms with van der Waals surface area (Å²) in [5.41, 5.74) is 2.38. The Balaban J connectivity index is 0. The second kappa shape index (κ2) is 5.95. The minimum absolute atomic E-state index is 0. The third-order valence-corrected chi connectivity index (χ3v) is 1.98. The van der Waals surface area contributed by atoms with Crippen molar-refractivity contribution < 1.29 is 30.3 Å². The van der Waals surface area contributed by atoms with E-state index in [9.17, 15) is 15.0 Å². The lowest BCUT2D eigenvalue weighted by atomic mass is 9.91. The summed E-state index contributed by atoms with van der Waals surface area (Å²) in [7, 11) is 0. The zero-order valence-corrected chi connectivity index (χ0v) is 8.37. The van der Waals surface area contributed by atoms with Crippen molar-refractivity contribution in [2.45, 2.75) is 30.8 Å². The van der Waals surface area contributed by atoms with Crippen LogP contribution in [0, 0.1) is 0 Å². The zero-order chi connectivity index (χ0) is 11.5. The van der Waals surface area contributed by atoms with Gasteiger partial charge in [0.1, 0.15) is 18.3 Å². The predicted molar refractivity (Wildman–Crippen MR) is 49.9 cm³/mol. The molecule has 0 aromatic rings. The first-order chi connectivity index (χ1) is 6.25. The van der Waals surface area contributed by atoms with Crippen molar-refractivity contribution in [3.05, 3.63) is 0 Å². The predicted octanol–water partition coefficient (Wildman–Crippen LogP) is -3.54. The maximum Gasteiger partial charge on any atom is 0.251 e. The summed E-state index contributed by atoms with van der Waals surface area (Å²) in [6.45, 7) is 0.0837. The van der Waals surface area contributed by atoms with Crippen molar-refractivity contribution in [1.82, 2.24) is 6.15 Å². The van der Waals surface area contributed by atoms with Gasteiger partial charge in [0, 0.05) is 0 Å². The first-order valence-corrected chi connectivity index (χ1v) is 3.92. The van der Waals surface area contributed by atoms with Crippen LogP contribution in [0.4, 0.5) is 0 Å². The van der Waals surface area contributed by atoms with Crippen LogP contribution in [0.25, 0.3) is 0 Å². The molecule has 0 saturated carbocycles. The number of carbonyl (C=O) groups is 1. The molecule has 0 rings (SSSR count). The van der Waals surface area contributed by atoms with Crippen molar-refractivity contribution in [3.63, 3.8) is 0 Å². The number of primary amides is 1. The van der Waals surface area contributed by atoms with Crippen molar-refractivity contribution in [3.8, 4) is 0 Å². The van der Waals surface area contributed by atoms with Crippen molar-refractivity contribution in [2.75, 3.05) is 6.61 Å². The minimum atomic E-state index is -2.37. The molecule has 8 heteroatoms. The molecule has 0 radical (unpaired) electrons. The highest BCUT2D eigenvalue weighted by Crippen LogP contribution is 2.14. The molecule has 4 atom stereocenters. The molecule has 0 aromatic heterocycles. The van der Waals surface area contributed by atoms with Crippen LogP contribution < -0.4 is 11.9 Å². The molecule has 0 aromatic carbocycles. The van der Waals surface area contributed by atoms with Gasteiger partial charge in [-0.2, -0.15) is 0 Å². The Morgan fingerprint density at radius 1 is 1.40 bits per heavy atom. The van der Waals surface area contributed by atoms with Crippen LogP contribution in [-0.2, 0) is 4.79 Å². The lowest BCUT2D eigenvalue weighted by molar-refractivity contribution is -0.169. The number of nitrogens with two attached hydrogens (primary N) is 1. The molecule has 92 valence electrons. The average molecular weight is 226 g/mol. The largest absolute Gasteiger partial charge is 0.394 e. The number of carbonyl (C=O) groups excluding carboxylic acids is 1. The highest BCUT2D eigenvalue weighted by Gasteiger charge is 2.43. The van der Waals surface area contributed by atoms with Gasteiger partial charge in [-0.15, -0.1) is 0 Å². The van der Waals surface area contributed by atoms with Gasteiger partial charge in [0.25, 0.3) is 5.91 Å². The normalized spacial score (nSPS) is 20.7. The molecule has 0 aliphatic carbocycles. The molecule has 4 unspecified atom stereocenters. The van der Waals surface area contributed by atoms with Crippen LogP contribution in [0.1, 0.15) is 6.92 Å². The minimum Gasteiger partial charge on any atom is -0.394 e. The quantitative estimate of drug-likeness (QED) is 0.253. The van der Waals surface area contributed by atoms with Gasteiger partial charge >= 0.3 is 0 Å². The summed E-state index contributed by atoms with van der Waals surface area (Å²) < 4.78 is 0. The third-order valence-electron chi connectivity index (χ3n) is 1.98. The highest BCUT2D eigenvalue weighted by atomic mass is 16.4. The van der Waals surface area contributed by atoms with Gasteiger partial charge in [0.05, 0.1) is 6.61 Å². The fourth-order valence-corrected chi connectivity index (χ4v) is 0.797. The molecule has 10 N–H and O–H groups in total. The van der Waals surface area contributed by atoms with Crippen LogP contribution in [0.15, 0.2) is 0 Å². The van der Waals surface area contributed by atoms with E-state index in [4.69, 9.17) is 21.1 Å². The van der Waals surface area contributed by atoms with E-state index in [2.05, 4.69) is 0 Å². The maximum absolute atomic E-state index is 10.6. The second-order valence-corrected chi connectivity index (χ2v) is 3.20. The summed E-state index contributed by atoms with van der Waals surface area (Å²) in [6, 6.07) is 0. The standard InChI is InChI=1S/C7H15NO6.H3N/c1-7(14,6(8)13)5(12)4(11)3(10)2-9;/h3-5,9-12,14H,2H2,1H3,(H2,8,13);1H3. The van der Waals surface area contributed by atoms with E-state index in [-0.39, 0.29) is 6.15 Å². The van der Waals surface area contributed by atoms with E-state index in [0.717, 1.165) is 6.92 Å². The summed E-state index contributed by atoms with van der Waals surface area (Å²) in [5.74, 6) is -1.24. The number of rotatable bonds is 5. The van der Waals surface area contributed by atoms with Gasteiger partial charge < -0.3 is 37.4 Å². The Morgan fingerprint density at radius 3 is 2.07 bits per heavy atom. The summed E-state index contributed by atoms with van der Waals surface area (Å²) in [5, 5.41) is 45.0. The van der Waals surface area contributed by atoms with E-state index < -0.39 is 36.4 Å². The van der Waals surface area contributed by atoms with E-state index >= 15 is 0 Å². The van der Waals surface area contributed by atoms with Gasteiger partial charge in [-0.25, -0.2) is 0 Å². The van der Waals surface area contributed by atoms with Gasteiger partial charge in [-0.1, -0.05) is 0 Å². The Hall–Kier alpha value is -0.770. The Labute approximate surface area is 86.5 Å². The second-order valence-electron chi connectivity index (χ2n) is 3.20. The molecular formula is C7H18N2O6. The molecule has 0 aliphatic rings. The van der Waals surface area contributed by atoms with Gasteiger partial charge in [-0.05, 0) is 6.92 Å². The summed E-state index contributed by atoms with van der Waals surface area (Å²) in [4.78, 5) is 10.6. The molecule has 15 heavy (non-hydrogen) atoms. The molecule has 1 amide bonds. The highest BCUT2D eigenvalue weighted by molar-refractivity contribution is 5.83. The van der Waals surface area contributed by atoms with Crippen molar-refractivity contribution >= 4 is 5.91 Å². The Kier molecular flexibility index (Phi) is 6.61. The fraction of sp³-hybridized carbons (Fsp3) is 0.857.